The van der Waals surface area contributed by atoms with Crippen molar-refractivity contribution >= 4 is 17.2 Å². The molecule has 1 unspecified atom stereocenters. The Morgan fingerprint density at radius 1 is 1.57 bits per heavy atom. The van der Waals surface area contributed by atoms with Crippen LogP contribution in [0, 0.1) is 0 Å². The number of amides is 1. The summed E-state index contributed by atoms with van der Waals surface area (Å²) >= 11 is 1.64. The average molecular weight is 304 g/mol. The van der Waals surface area contributed by atoms with Crippen molar-refractivity contribution in [1.82, 2.24) is 20.4 Å². The SMILES string of the molecule is CCCN(C(=O)c1cc(-c2cccs2)[nH]n1)C1CCNC1. The lowest BCUT2D eigenvalue weighted by Gasteiger charge is -2.27. The molecule has 2 aromatic rings. The number of carbonyl (C=O) groups is 1. The highest BCUT2D eigenvalue weighted by atomic mass is 32.1. The van der Waals surface area contributed by atoms with Crippen LogP contribution in [0.4, 0.5) is 0 Å². The van der Waals surface area contributed by atoms with Crippen LogP contribution in [0.3, 0.4) is 0 Å². The second-order valence-electron chi connectivity index (χ2n) is 5.29. The molecule has 3 rings (SSSR count). The second-order valence-corrected chi connectivity index (χ2v) is 6.24. The molecular formula is C15H20N4OS. The van der Waals surface area contributed by atoms with Gasteiger partial charge >= 0.3 is 0 Å². The topological polar surface area (TPSA) is 61.0 Å². The third-order valence-corrected chi connectivity index (χ3v) is 4.69. The quantitative estimate of drug-likeness (QED) is 0.891. The van der Waals surface area contributed by atoms with Crippen molar-refractivity contribution < 1.29 is 4.79 Å². The van der Waals surface area contributed by atoms with E-state index in [-0.39, 0.29) is 5.91 Å². The molecule has 0 aromatic carbocycles. The smallest absolute Gasteiger partial charge is 0.274 e. The number of carbonyl (C=O) groups excluding carboxylic acids is 1. The summed E-state index contributed by atoms with van der Waals surface area (Å²) in [5, 5.41) is 12.5. The van der Waals surface area contributed by atoms with Gasteiger partial charge < -0.3 is 10.2 Å². The maximum absolute atomic E-state index is 12.7. The van der Waals surface area contributed by atoms with Gasteiger partial charge in [-0.2, -0.15) is 5.10 Å². The van der Waals surface area contributed by atoms with Crippen molar-refractivity contribution in [3.63, 3.8) is 0 Å². The van der Waals surface area contributed by atoms with Gasteiger partial charge in [0.1, 0.15) is 0 Å². The Kier molecular flexibility index (Phi) is 4.36. The molecule has 1 saturated heterocycles. The molecule has 0 radical (unpaired) electrons. The first-order valence-electron chi connectivity index (χ1n) is 7.40. The fourth-order valence-corrected chi connectivity index (χ4v) is 3.43. The standard InChI is InChI=1S/C15H20N4OS/c1-2-7-19(11-5-6-16-10-11)15(20)13-9-12(17-18-13)14-4-3-8-21-14/h3-4,8-9,11,16H,2,5-7,10H2,1H3,(H,17,18). The number of nitrogens with one attached hydrogen (secondary N) is 2. The summed E-state index contributed by atoms with van der Waals surface area (Å²) in [5.74, 6) is 0.0320. The molecule has 1 amide bonds. The predicted octanol–water partition coefficient (Wildman–Crippen LogP) is 2.35. The molecule has 5 nitrogen and oxygen atoms in total. The van der Waals surface area contributed by atoms with E-state index < -0.39 is 0 Å². The first-order chi connectivity index (χ1) is 10.3. The average Bonchev–Trinajstić information content (AvgIpc) is 3.25. The van der Waals surface area contributed by atoms with E-state index in [0.29, 0.717) is 11.7 Å². The maximum Gasteiger partial charge on any atom is 0.274 e. The Labute approximate surface area is 128 Å². The molecule has 1 aliphatic rings. The molecule has 0 saturated carbocycles. The van der Waals surface area contributed by atoms with Gasteiger partial charge in [0.25, 0.3) is 5.91 Å². The van der Waals surface area contributed by atoms with Crippen LogP contribution in [-0.2, 0) is 0 Å². The van der Waals surface area contributed by atoms with E-state index in [1.54, 1.807) is 11.3 Å². The van der Waals surface area contributed by atoms with Crippen LogP contribution >= 0.6 is 11.3 Å². The van der Waals surface area contributed by atoms with Crippen molar-refractivity contribution in [1.29, 1.82) is 0 Å². The summed E-state index contributed by atoms with van der Waals surface area (Å²) in [6.45, 7) is 4.75. The lowest BCUT2D eigenvalue weighted by Crippen LogP contribution is -2.42. The van der Waals surface area contributed by atoms with Gasteiger partial charge in [0.05, 0.1) is 10.6 Å². The summed E-state index contributed by atoms with van der Waals surface area (Å²) < 4.78 is 0. The van der Waals surface area contributed by atoms with Crippen molar-refractivity contribution in [2.24, 2.45) is 0 Å². The highest BCUT2D eigenvalue weighted by Gasteiger charge is 2.28. The number of aromatic nitrogens is 2. The first kappa shape index (κ1) is 14.3. The Hall–Kier alpha value is -1.66. The van der Waals surface area contributed by atoms with Crippen LogP contribution in [0.25, 0.3) is 10.6 Å². The van der Waals surface area contributed by atoms with Crippen LogP contribution in [0.15, 0.2) is 23.6 Å². The minimum atomic E-state index is 0.0320. The van der Waals surface area contributed by atoms with Crippen molar-refractivity contribution in [3.8, 4) is 10.6 Å². The highest BCUT2D eigenvalue weighted by molar-refractivity contribution is 7.13. The Balaban J connectivity index is 1.79. The molecule has 1 fully saturated rings. The van der Waals surface area contributed by atoms with Crippen LogP contribution in [-0.4, -0.2) is 46.7 Å². The van der Waals surface area contributed by atoms with Gasteiger partial charge in [-0.05, 0) is 36.9 Å². The fraction of sp³-hybridized carbons (Fsp3) is 0.467. The van der Waals surface area contributed by atoms with Crippen LogP contribution < -0.4 is 5.32 Å². The first-order valence-corrected chi connectivity index (χ1v) is 8.28. The van der Waals surface area contributed by atoms with Gasteiger partial charge in [-0.15, -0.1) is 11.3 Å². The van der Waals surface area contributed by atoms with Gasteiger partial charge in [-0.1, -0.05) is 13.0 Å². The minimum Gasteiger partial charge on any atom is -0.333 e. The molecule has 0 spiro atoms. The van der Waals surface area contributed by atoms with Crippen LogP contribution in [0.5, 0.6) is 0 Å². The summed E-state index contributed by atoms with van der Waals surface area (Å²) in [6, 6.07) is 6.17. The minimum absolute atomic E-state index is 0.0320. The normalized spacial score (nSPS) is 18.0. The van der Waals surface area contributed by atoms with E-state index in [0.717, 1.165) is 43.0 Å². The molecule has 1 aliphatic heterocycles. The van der Waals surface area contributed by atoms with Crippen molar-refractivity contribution in [2.45, 2.75) is 25.8 Å². The fourth-order valence-electron chi connectivity index (χ4n) is 2.73. The van der Waals surface area contributed by atoms with Crippen molar-refractivity contribution in [2.75, 3.05) is 19.6 Å². The molecule has 0 aliphatic carbocycles. The predicted molar refractivity (Wildman–Crippen MR) is 84.5 cm³/mol. The molecular weight excluding hydrogens is 284 g/mol. The number of H-pyrrole nitrogens is 1. The summed E-state index contributed by atoms with van der Waals surface area (Å²) in [4.78, 5) is 15.8. The third-order valence-electron chi connectivity index (χ3n) is 3.78. The zero-order valence-electron chi connectivity index (χ0n) is 12.1. The lowest BCUT2D eigenvalue weighted by atomic mass is 10.2. The summed E-state index contributed by atoms with van der Waals surface area (Å²) in [6.07, 6.45) is 1.98. The van der Waals surface area contributed by atoms with E-state index in [4.69, 9.17) is 0 Å². The largest absolute Gasteiger partial charge is 0.333 e. The van der Waals surface area contributed by atoms with E-state index in [2.05, 4.69) is 22.4 Å². The van der Waals surface area contributed by atoms with Crippen LogP contribution in [0.2, 0.25) is 0 Å². The monoisotopic (exact) mass is 304 g/mol. The zero-order valence-corrected chi connectivity index (χ0v) is 12.9. The maximum atomic E-state index is 12.7. The van der Waals surface area contributed by atoms with Crippen molar-refractivity contribution in [3.05, 3.63) is 29.3 Å². The molecule has 6 heteroatoms. The van der Waals surface area contributed by atoms with Gasteiger partial charge in [-0.3, -0.25) is 9.89 Å². The van der Waals surface area contributed by atoms with E-state index in [9.17, 15) is 4.79 Å². The molecule has 2 aromatic heterocycles. The number of hydrogen-bond acceptors (Lipinski definition) is 4. The van der Waals surface area contributed by atoms with Gasteiger partial charge in [0.2, 0.25) is 0 Å². The molecule has 21 heavy (non-hydrogen) atoms. The molecule has 1 atom stereocenters. The highest BCUT2D eigenvalue weighted by Crippen LogP contribution is 2.24. The van der Waals surface area contributed by atoms with Gasteiger partial charge in [0, 0.05) is 19.1 Å². The summed E-state index contributed by atoms with van der Waals surface area (Å²) in [7, 11) is 0. The Bertz CT molecular complexity index is 587. The van der Waals surface area contributed by atoms with E-state index in [1.807, 2.05) is 28.5 Å². The zero-order chi connectivity index (χ0) is 14.7. The number of nitrogens with zero attached hydrogens (tertiary/aromatic N) is 2. The van der Waals surface area contributed by atoms with Gasteiger partial charge in [0.15, 0.2) is 5.69 Å². The molecule has 2 N–H and O–H groups in total. The molecule has 0 bridgehead atoms. The number of thiophene rings is 1. The summed E-state index contributed by atoms with van der Waals surface area (Å²) in [5.41, 5.74) is 1.42. The van der Waals surface area contributed by atoms with E-state index >= 15 is 0 Å². The number of rotatable bonds is 5. The Morgan fingerprint density at radius 3 is 3.14 bits per heavy atom. The Morgan fingerprint density at radius 2 is 2.48 bits per heavy atom. The number of aromatic amines is 1. The van der Waals surface area contributed by atoms with E-state index in [1.165, 1.54) is 0 Å². The number of hydrogen-bond donors (Lipinski definition) is 2. The van der Waals surface area contributed by atoms with Gasteiger partial charge in [-0.25, -0.2) is 0 Å². The third kappa shape index (κ3) is 3.01. The molecule has 3 heterocycles. The van der Waals surface area contributed by atoms with Crippen LogP contribution in [0.1, 0.15) is 30.3 Å². The second kappa shape index (κ2) is 6.41. The molecule has 112 valence electrons. The lowest BCUT2D eigenvalue weighted by molar-refractivity contribution is 0.0686.